The number of nitrogens with one attached hydrogen (secondary N) is 2. The highest BCUT2D eigenvalue weighted by molar-refractivity contribution is 7.15. The third-order valence-electron chi connectivity index (χ3n) is 5.47. The van der Waals surface area contributed by atoms with Crippen molar-refractivity contribution in [1.29, 1.82) is 0 Å². The van der Waals surface area contributed by atoms with Crippen LogP contribution >= 0.6 is 22.9 Å². The molecule has 1 saturated heterocycles. The molecule has 1 fully saturated rings. The van der Waals surface area contributed by atoms with E-state index >= 15 is 0 Å². The van der Waals surface area contributed by atoms with Gasteiger partial charge in [0.05, 0.1) is 33.5 Å². The highest BCUT2D eigenvalue weighted by atomic mass is 35.5. The first kappa shape index (κ1) is 22.3. The van der Waals surface area contributed by atoms with Gasteiger partial charge in [-0.05, 0) is 37.5 Å². The van der Waals surface area contributed by atoms with Crippen LogP contribution in [0.15, 0.2) is 49.4 Å². The molecule has 1 unspecified atom stereocenters. The van der Waals surface area contributed by atoms with Crippen molar-refractivity contribution < 1.29 is 9.90 Å². The monoisotopic (exact) mass is 472 g/mol. The van der Waals surface area contributed by atoms with E-state index in [-0.39, 0.29) is 11.9 Å². The lowest BCUT2D eigenvalue weighted by molar-refractivity contribution is -0.127. The molecule has 1 aliphatic rings. The third-order valence-corrected chi connectivity index (χ3v) is 6.75. The van der Waals surface area contributed by atoms with Crippen LogP contribution in [0.25, 0.3) is 0 Å². The standard InChI is InChI=1S/C22H25ClN6O2S/c1-3-19(30)28-9-7-16(8-10-28)29-13-15(11-25-29)26-22-24-12-18(32-22)21(31)27-20-14(2)5-4-6-17(20)23/h3-6,11-13,16,21,27,31H,1,7-10H2,2H3,(H,24,26). The predicted octanol–water partition coefficient (Wildman–Crippen LogP) is 4.50. The van der Waals surface area contributed by atoms with Crippen molar-refractivity contribution in [3.63, 3.8) is 0 Å². The summed E-state index contributed by atoms with van der Waals surface area (Å²) in [6.45, 7) is 6.88. The Balaban J connectivity index is 1.36. The van der Waals surface area contributed by atoms with Gasteiger partial charge in [0.15, 0.2) is 11.4 Å². The van der Waals surface area contributed by atoms with Gasteiger partial charge in [-0.1, -0.05) is 41.6 Å². The van der Waals surface area contributed by atoms with E-state index in [0.29, 0.717) is 33.8 Å². The van der Waals surface area contributed by atoms with Crippen molar-refractivity contribution in [2.24, 2.45) is 0 Å². The van der Waals surface area contributed by atoms with E-state index in [9.17, 15) is 9.90 Å². The number of amides is 1. The highest BCUT2D eigenvalue weighted by Crippen LogP contribution is 2.32. The summed E-state index contributed by atoms with van der Waals surface area (Å²) in [6, 6.07) is 5.83. The molecule has 168 valence electrons. The second kappa shape index (κ2) is 9.72. The van der Waals surface area contributed by atoms with Crippen LogP contribution in [0.2, 0.25) is 5.02 Å². The zero-order chi connectivity index (χ0) is 22.7. The molecule has 2 aromatic heterocycles. The van der Waals surface area contributed by atoms with E-state index in [0.717, 1.165) is 24.1 Å². The first-order chi connectivity index (χ1) is 15.4. The van der Waals surface area contributed by atoms with Crippen LogP contribution in [0, 0.1) is 6.92 Å². The Morgan fingerprint density at radius 3 is 2.88 bits per heavy atom. The number of aryl methyl sites for hydroxylation is 1. The zero-order valence-corrected chi connectivity index (χ0v) is 19.2. The lowest BCUT2D eigenvalue weighted by Gasteiger charge is -2.31. The summed E-state index contributed by atoms with van der Waals surface area (Å²) in [5.74, 6) is -0.0211. The number of nitrogens with zero attached hydrogens (tertiary/aromatic N) is 4. The molecule has 0 saturated carbocycles. The average Bonchev–Trinajstić information content (AvgIpc) is 3.46. The number of halogens is 1. The molecule has 0 aliphatic carbocycles. The second-order valence-electron chi connectivity index (χ2n) is 7.64. The largest absolute Gasteiger partial charge is 0.369 e. The molecule has 3 heterocycles. The molecule has 1 amide bonds. The zero-order valence-electron chi connectivity index (χ0n) is 17.7. The molecule has 0 spiro atoms. The molecule has 1 aromatic carbocycles. The first-order valence-electron chi connectivity index (χ1n) is 10.3. The number of piperidine rings is 1. The number of rotatable bonds is 7. The minimum absolute atomic E-state index is 0.0211. The van der Waals surface area contributed by atoms with Crippen LogP contribution in [-0.4, -0.2) is 43.8 Å². The lowest BCUT2D eigenvalue weighted by atomic mass is 10.1. The van der Waals surface area contributed by atoms with Gasteiger partial charge in [-0.25, -0.2) is 4.98 Å². The predicted molar refractivity (Wildman–Crippen MR) is 127 cm³/mol. The van der Waals surface area contributed by atoms with Crippen molar-refractivity contribution in [1.82, 2.24) is 19.7 Å². The summed E-state index contributed by atoms with van der Waals surface area (Å²) in [7, 11) is 0. The van der Waals surface area contributed by atoms with Crippen LogP contribution in [-0.2, 0) is 4.79 Å². The normalized spacial score (nSPS) is 15.4. The summed E-state index contributed by atoms with van der Waals surface area (Å²) in [5.41, 5.74) is 2.47. The van der Waals surface area contributed by atoms with Crippen molar-refractivity contribution in [2.75, 3.05) is 23.7 Å². The van der Waals surface area contributed by atoms with Crippen molar-refractivity contribution in [2.45, 2.75) is 32.0 Å². The van der Waals surface area contributed by atoms with Gasteiger partial charge >= 0.3 is 0 Å². The van der Waals surface area contributed by atoms with Crippen molar-refractivity contribution in [3.8, 4) is 0 Å². The molecule has 4 rings (SSSR count). The lowest BCUT2D eigenvalue weighted by Crippen LogP contribution is -2.38. The van der Waals surface area contributed by atoms with Gasteiger partial charge < -0.3 is 20.6 Å². The Bertz CT molecular complexity index is 1090. The summed E-state index contributed by atoms with van der Waals surface area (Å²) in [4.78, 5) is 18.6. The molecule has 0 radical (unpaired) electrons. The Morgan fingerprint density at radius 2 is 2.16 bits per heavy atom. The molecular weight excluding hydrogens is 448 g/mol. The third kappa shape index (κ3) is 4.95. The topological polar surface area (TPSA) is 95.3 Å². The second-order valence-corrected chi connectivity index (χ2v) is 9.11. The number of carbonyl (C=O) groups is 1. The van der Waals surface area contributed by atoms with Crippen LogP contribution in [0.3, 0.4) is 0 Å². The Morgan fingerprint density at radius 1 is 1.38 bits per heavy atom. The SMILES string of the molecule is C=CC(=O)N1CCC(n2cc(Nc3ncc(C(O)Nc4c(C)cccc4Cl)s3)cn2)CC1. The maximum atomic E-state index is 11.7. The number of para-hydroxylation sites is 1. The van der Waals surface area contributed by atoms with Crippen molar-refractivity contribution in [3.05, 3.63) is 64.9 Å². The number of aliphatic hydroxyl groups excluding tert-OH is 1. The smallest absolute Gasteiger partial charge is 0.245 e. The fraction of sp³-hybridized carbons (Fsp3) is 0.318. The molecule has 32 heavy (non-hydrogen) atoms. The first-order valence-corrected chi connectivity index (χ1v) is 11.5. The van der Waals surface area contributed by atoms with E-state index in [1.165, 1.54) is 17.4 Å². The quantitative estimate of drug-likeness (QED) is 0.346. The van der Waals surface area contributed by atoms with Crippen LogP contribution in [0.4, 0.5) is 16.5 Å². The van der Waals surface area contributed by atoms with Gasteiger partial charge in [0.25, 0.3) is 0 Å². The molecular formula is C22H25ClN6O2S. The van der Waals surface area contributed by atoms with Gasteiger partial charge in [-0.3, -0.25) is 9.48 Å². The van der Waals surface area contributed by atoms with E-state index in [1.54, 1.807) is 18.5 Å². The van der Waals surface area contributed by atoms with Crippen LogP contribution in [0.1, 0.15) is 35.6 Å². The summed E-state index contributed by atoms with van der Waals surface area (Å²) >= 11 is 7.59. The summed E-state index contributed by atoms with van der Waals surface area (Å²) in [6.07, 6.45) is 7.47. The Hall–Kier alpha value is -2.88. The van der Waals surface area contributed by atoms with E-state index in [2.05, 4.69) is 27.3 Å². The summed E-state index contributed by atoms with van der Waals surface area (Å²) in [5, 5.41) is 22.6. The van der Waals surface area contributed by atoms with Crippen LogP contribution in [0.5, 0.6) is 0 Å². The Kier molecular flexibility index (Phi) is 6.78. The number of carbonyl (C=O) groups excluding carboxylic acids is 1. The molecule has 3 aromatic rings. The minimum atomic E-state index is -0.923. The van der Waals surface area contributed by atoms with E-state index in [4.69, 9.17) is 11.6 Å². The number of aliphatic hydroxyl groups is 1. The number of benzene rings is 1. The van der Waals surface area contributed by atoms with Gasteiger partial charge in [-0.15, -0.1) is 0 Å². The van der Waals surface area contributed by atoms with Crippen LogP contribution < -0.4 is 10.6 Å². The molecule has 3 N–H and O–H groups in total. The molecule has 8 nitrogen and oxygen atoms in total. The van der Waals surface area contributed by atoms with E-state index in [1.807, 2.05) is 34.8 Å². The summed E-state index contributed by atoms with van der Waals surface area (Å²) < 4.78 is 1.93. The minimum Gasteiger partial charge on any atom is -0.369 e. The highest BCUT2D eigenvalue weighted by Gasteiger charge is 2.23. The van der Waals surface area contributed by atoms with E-state index < -0.39 is 6.23 Å². The Labute approximate surface area is 195 Å². The fourth-order valence-corrected chi connectivity index (χ4v) is 4.75. The number of thiazole rings is 1. The molecule has 10 heteroatoms. The maximum Gasteiger partial charge on any atom is 0.245 e. The fourth-order valence-electron chi connectivity index (χ4n) is 3.70. The number of aromatic nitrogens is 3. The maximum absolute atomic E-state index is 11.7. The van der Waals surface area contributed by atoms with Gasteiger partial charge in [0, 0.05) is 25.5 Å². The number of likely N-dealkylation sites (tertiary alicyclic amines) is 1. The van der Waals surface area contributed by atoms with Gasteiger partial charge in [0.2, 0.25) is 5.91 Å². The van der Waals surface area contributed by atoms with Gasteiger partial charge in [0.1, 0.15) is 0 Å². The number of hydrogen-bond acceptors (Lipinski definition) is 7. The van der Waals surface area contributed by atoms with Gasteiger partial charge in [-0.2, -0.15) is 5.10 Å². The number of hydrogen-bond donors (Lipinski definition) is 3. The molecule has 1 atom stereocenters. The molecule has 1 aliphatic heterocycles. The molecule has 0 bridgehead atoms. The average molecular weight is 473 g/mol. The van der Waals surface area contributed by atoms with Crippen molar-refractivity contribution >= 4 is 45.4 Å². The number of anilines is 3.